The smallest absolute Gasteiger partial charge is 0.277 e. The Hall–Kier alpha value is -1.11. The predicted molar refractivity (Wildman–Crippen MR) is 50.4 cm³/mol. The molecule has 0 saturated carbocycles. The fourth-order valence-electron chi connectivity index (χ4n) is 1.19. The lowest BCUT2D eigenvalue weighted by Crippen LogP contribution is -2.08. The number of halogens is 4. The molecule has 3 nitrogen and oxygen atoms in total. The summed E-state index contributed by atoms with van der Waals surface area (Å²) in [5.41, 5.74) is -0.0923. The highest BCUT2D eigenvalue weighted by molar-refractivity contribution is 9.10. The number of nitrogens with zero attached hydrogens (tertiary/aromatic N) is 3. The predicted octanol–water partition coefficient (Wildman–Crippen LogP) is 2.82. The molecule has 0 unspecified atom stereocenters. The molecule has 0 fully saturated rings. The fourth-order valence-corrected chi connectivity index (χ4v) is 1.55. The fraction of sp³-hybridized carbons (Fsp3) is 0.250. The van der Waals surface area contributed by atoms with Crippen LogP contribution in [0.4, 0.5) is 13.2 Å². The van der Waals surface area contributed by atoms with E-state index in [1.54, 1.807) is 6.92 Å². The van der Waals surface area contributed by atoms with Gasteiger partial charge in [0.1, 0.15) is 22.3 Å². The zero-order valence-electron chi connectivity index (χ0n) is 7.51. The number of rotatable bonds is 0. The maximum Gasteiger partial charge on any atom is 0.433 e. The van der Waals surface area contributed by atoms with Crippen LogP contribution in [0.15, 0.2) is 17.0 Å². The normalized spacial score (nSPS) is 12.3. The number of imidazole rings is 1. The van der Waals surface area contributed by atoms with Gasteiger partial charge in [0, 0.05) is 6.07 Å². The van der Waals surface area contributed by atoms with Crippen LogP contribution in [0.2, 0.25) is 0 Å². The summed E-state index contributed by atoms with van der Waals surface area (Å²) in [5, 5.41) is 0. The lowest BCUT2D eigenvalue weighted by atomic mass is 10.4. The van der Waals surface area contributed by atoms with Gasteiger partial charge in [-0.1, -0.05) is 0 Å². The topological polar surface area (TPSA) is 30.2 Å². The Morgan fingerprint density at radius 2 is 2.07 bits per heavy atom. The second-order valence-electron chi connectivity index (χ2n) is 2.99. The van der Waals surface area contributed by atoms with Crippen LogP contribution in [-0.4, -0.2) is 14.4 Å². The maximum absolute atomic E-state index is 12.3. The second kappa shape index (κ2) is 3.19. The largest absolute Gasteiger partial charge is 0.433 e. The Labute approximate surface area is 91.1 Å². The molecule has 2 aromatic rings. The Bertz CT molecular complexity index is 518. The Morgan fingerprint density at radius 3 is 2.67 bits per heavy atom. The lowest BCUT2D eigenvalue weighted by Gasteiger charge is -2.04. The number of fused-ring (bicyclic) bond motifs is 1. The minimum absolute atomic E-state index is 0.224. The first-order valence-corrected chi connectivity index (χ1v) is 4.76. The van der Waals surface area contributed by atoms with Crippen molar-refractivity contribution < 1.29 is 13.2 Å². The van der Waals surface area contributed by atoms with Crippen LogP contribution in [-0.2, 0) is 6.18 Å². The summed E-state index contributed by atoms with van der Waals surface area (Å²) in [5.74, 6) is 0. The third kappa shape index (κ3) is 1.71. The van der Waals surface area contributed by atoms with Crippen LogP contribution in [0.3, 0.4) is 0 Å². The highest BCUT2D eigenvalue weighted by Gasteiger charge is 2.33. The molecule has 2 aromatic heterocycles. The molecule has 0 bridgehead atoms. The first kappa shape index (κ1) is 10.4. The van der Waals surface area contributed by atoms with E-state index in [9.17, 15) is 13.2 Å². The molecule has 80 valence electrons. The van der Waals surface area contributed by atoms with Crippen molar-refractivity contribution in [1.29, 1.82) is 0 Å². The first-order chi connectivity index (χ1) is 6.89. The van der Waals surface area contributed by atoms with E-state index < -0.39 is 11.9 Å². The van der Waals surface area contributed by atoms with Crippen molar-refractivity contribution in [3.8, 4) is 0 Å². The highest BCUT2D eigenvalue weighted by Crippen LogP contribution is 2.28. The number of aromatic nitrogens is 3. The van der Waals surface area contributed by atoms with E-state index in [-0.39, 0.29) is 5.65 Å². The molecule has 15 heavy (non-hydrogen) atoms. The van der Waals surface area contributed by atoms with Crippen molar-refractivity contribution in [2.75, 3.05) is 0 Å². The standard InChI is InChI=1S/C8H5BrF3N3/c1-4-7(9)15-3-13-5(8(10,11)12)2-6(15)14-4/h2-3H,1H3. The van der Waals surface area contributed by atoms with Crippen LogP contribution < -0.4 is 0 Å². The number of hydrogen-bond donors (Lipinski definition) is 0. The summed E-state index contributed by atoms with van der Waals surface area (Å²) < 4.78 is 39.0. The molecule has 0 N–H and O–H groups in total. The summed E-state index contributed by atoms with van der Waals surface area (Å²) >= 11 is 3.20. The van der Waals surface area contributed by atoms with Gasteiger partial charge in [-0.2, -0.15) is 13.2 Å². The van der Waals surface area contributed by atoms with Crippen LogP contribution in [0.1, 0.15) is 11.4 Å². The molecule has 0 atom stereocenters. The zero-order chi connectivity index (χ0) is 11.2. The third-order valence-electron chi connectivity index (χ3n) is 1.91. The summed E-state index contributed by atoms with van der Waals surface area (Å²) in [4.78, 5) is 7.28. The number of aryl methyl sites for hydroxylation is 1. The average molecular weight is 280 g/mol. The van der Waals surface area contributed by atoms with Gasteiger partial charge in [0.15, 0.2) is 0 Å². The van der Waals surface area contributed by atoms with Crippen LogP contribution in [0.25, 0.3) is 5.65 Å². The van der Waals surface area contributed by atoms with Crippen LogP contribution in [0.5, 0.6) is 0 Å². The minimum Gasteiger partial charge on any atom is -0.277 e. The van der Waals surface area contributed by atoms with Crippen LogP contribution in [0, 0.1) is 6.92 Å². The molecule has 0 aliphatic heterocycles. The monoisotopic (exact) mass is 279 g/mol. The van der Waals surface area contributed by atoms with Crippen LogP contribution >= 0.6 is 15.9 Å². The van der Waals surface area contributed by atoms with E-state index in [4.69, 9.17) is 0 Å². The van der Waals surface area contributed by atoms with E-state index in [2.05, 4.69) is 25.9 Å². The van der Waals surface area contributed by atoms with Crippen molar-refractivity contribution in [2.24, 2.45) is 0 Å². The second-order valence-corrected chi connectivity index (χ2v) is 3.74. The summed E-state index contributed by atoms with van der Waals surface area (Å²) in [7, 11) is 0. The summed E-state index contributed by atoms with van der Waals surface area (Å²) in [6.07, 6.45) is -3.34. The SMILES string of the molecule is Cc1nc2cc(C(F)(F)F)ncn2c1Br. The van der Waals surface area contributed by atoms with Crippen molar-refractivity contribution in [3.05, 3.63) is 28.4 Å². The average Bonchev–Trinajstić information content (AvgIpc) is 2.41. The van der Waals surface area contributed by atoms with Crippen molar-refractivity contribution in [2.45, 2.75) is 13.1 Å². The first-order valence-electron chi connectivity index (χ1n) is 3.97. The summed E-state index contributed by atoms with van der Waals surface area (Å²) in [6.45, 7) is 1.70. The van der Waals surface area contributed by atoms with E-state index in [0.29, 0.717) is 10.3 Å². The van der Waals surface area contributed by atoms with E-state index >= 15 is 0 Å². The Kier molecular flexibility index (Phi) is 2.22. The van der Waals surface area contributed by atoms with Gasteiger partial charge in [0.2, 0.25) is 0 Å². The Morgan fingerprint density at radius 1 is 1.40 bits per heavy atom. The highest BCUT2D eigenvalue weighted by atomic mass is 79.9. The molecule has 0 aliphatic rings. The van der Waals surface area contributed by atoms with Gasteiger partial charge in [-0.15, -0.1) is 0 Å². The quantitative estimate of drug-likeness (QED) is 0.742. The van der Waals surface area contributed by atoms with Gasteiger partial charge in [0.25, 0.3) is 0 Å². The molecule has 2 heterocycles. The third-order valence-corrected chi connectivity index (χ3v) is 2.86. The van der Waals surface area contributed by atoms with E-state index in [0.717, 1.165) is 12.4 Å². The zero-order valence-corrected chi connectivity index (χ0v) is 9.09. The molecule has 0 saturated heterocycles. The molecule has 0 amide bonds. The van der Waals surface area contributed by atoms with Gasteiger partial charge in [-0.3, -0.25) is 4.40 Å². The minimum atomic E-state index is -4.44. The molecule has 2 rings (SSSR count). The van der Waals surface area contributed by atoms with E-state index in [1.807, 2.05) is 0 Å². The molecule has 0 spiro atoms. The van der Waals surface area contributed by atoms with Gasteiger partial charge in [0.05, 0.1) is 5.69 Å². The van der Waals surface area contributed by atoms with Crippen molar-refractivity contribution in [3.63, 3.8) is 0 Å². The molecular weight excluding hydrogens is 275 g/mol. The number of alkyl halides is 3. The molecule has 0 radical (unpaired) electrons. The molecule has 7 heteroatoms. The van der Waals surface area contributed by atoms with Crippen molar-refractivity contribution in [1.82, 2.24) is 14.4 Å². The number of hydrogen-bond acceptors (Lipinski definition) is 2. The van der Waals surface area contributed by atoms with Gasteiger partial charge >= 0.3 is 6.18 Å². The van der Waals surface area contributed by atoms with E-state index in [1.165, 1.54) is 4.40 Å². The molecular formula is C8H5BrF3N3. The molecule has 0 aromatic carbocycles. The van der Waals surface area contributed by atoms with Gasteiger partial charge in [-0.25, -0.2) is 9.97 Å². The molecule has 0 aliphatic carbocycles. The Balaban J connectivity index is 2.67. The summed E-state index contributed by atoms with van der Waals surface area (Å²) in [6, 6.07) is 0.914. The van der Waals surface area contributed by atoms with Crippen molar-refractivity contribution >= 4 is 21.6 Å². The lowest BCUT2D eigenvalue weighted by molar-refractivity contribution is -0.141. The van der Waals surface area contributed by atoms with Gasteiger partial charge < -0.3 is 0 Å². The van der Waals surface area contributed by atoms with Gasteiger partial charge in [-0.05, 0) is 22.9 Å². The maximum atomic E-state index is 12.3.